The van der Waals surface area contributed by atoms with Gasteiger partial charge in [-0.15, -0.1) is 0 Å². The molecular weight excluding hydrogens is 236 g/mol. The lowest BCUT2D eigenvalue weighted by Gasteiger charge is -2.13. The molecule has 0 radical (unpaired) electrons. The van der Waals surface area contributed by atoms with Crippen molar-refractivity contribution >= 4 is 5.97 Å². The summed E-state index contributed by atoms with van der Waals surface area (Å²) in [5, 5.41) is 9.22. The summed E-state index contributed by atoms with van der Waals surface area (Å²) in [5.74, 6) is 0.464. The predicted octanol–water partition coefficient (Wildman–Crippen LogP) is 1.13. The first-order chi connectivity index (χ1) is 8.74. The fourth-order valence-electron chi connectivity index (χ4n) is 1.83. The van der Waals surface area contributed by atoms with E-state index in [1.54, 1.807) is 13.0 Å². The molecule has 1 aromatic carbocycles. The maximum absolute atomic E-state index is 11.6. The van der Waals surface area contributed by atoms with Gasteiger partial charge in [0.1, 0.15) is 0 Å². The monoisotopic (exact) mass is 252 g/mol. The number of benzene rings is 1. The molecule has 5 nitrogen and oxygen atoms in total. The number of hydrogen-bond donors (Lipinski definition) is 1. The summed E-state index contributed by atoms with van der Waals surface area (Å²) in [6, 6.07) is 5.48. The summed E-state index contributed by atoms with van der Waals surface area (Å²) in [6.45, 7) is 2.05. The molecule has 0 saturated heterocycles. The predicted molar refractivity (Wildman–Crippen MR) is 63.5 cm³/mol. The SMILES string of the molecule is CCOC(=O)C(CO)Cc1ccc2c(c1)OCO2. The zero-order valence-corrected chi connectivity index (χ0v) is 10.2. The molecule has 1 atom stereocenters. The van der Waals surface area contributed by atoms with E-state index in [9.17, 15) is 9.90 Å². The number of esters is 1. The number of aliphatic hydroxyl groups excluding tert-OH is 1. The first kappa shape index (κ1) is 12.7. The number of fused-ring (bicyclic) bond motifs is 1. The fourth-order valence-corrected chi connectivity index (χ4v) is 1.83. The average Bonchev–Trinajstić information content (AvgIpc) is 2.83. The average molecular weight is 252 g/mol. The second-order valence-corrected chi connectivity index (χ2v) is 4.02. The molecule has 1 N–H and O–H groups in total. The molecule has 2 rings (SSSR count). The molecule has 0 fully saturated rings. The third-order valence-electron chi connectivity index (χ3n) is 2.76. The maximum atomic E-state index is 11.6. The number of carbonyl (C=O) groups excluding carboxylic acids is 1. The third-order valence-corrected chi connectivity index (χ3v) is 2.76. The topological polar surface area (TPSA) is 65.0 Å². The molecule has 0 aliphatic carbocycles. The third kappa shape index (κ3) is 2.73. The van der Waals surface area contributed by atoms with E-state index in [-0.39, 0.29) is 19.4 Å². The van der Waals surface area contributed by atoms with E-state index in [0.29, 0.717) is 24.5 Å². The van der Waals surface area contributed by atoms with Crippen molar-refractivity contribution in [2.75, 3.05) is 20.0 Å². The number of rotatable bonds is 5. The van der Waals surface area contributed by atoms with E-state index in [4.69, 9.17) is 14.2 Å². The Morgan fingerprint density at radius 1 is 1.44 bits per heavy atom. The molecule has 0 aromatic heterocycles. The molecule has 5 heteroatoms. The van der Waals surface area contributed by atoms with Crippen LogP contribution in [0.4, 0.5) is 0 Å². The molecule has 1 aromatic rings. The Hall–Kier alpha value is -1.75. The molecule has 0 amide bonds. The van der Waals surface area contributed by atoms with Crippen LogP contribution in [0.2, 0.25) is 0 Å². The van der Waals surface area contributed by atoms with Gasteiger partial charge in [-0.25, -0.2) is 0 Å². The van der Waals surface area contributed by atoms with Gasteiger partial charge in [-0.2, -0.15) is 0 Å². The van der Waals surface area contributed by atoms with Crippen molar-refractivity contribution in [2.45, 2.75) is 13.3 Å². The Kier molecular flexibility index (Phi) is 4.04. The lowest BCUT2D eigenvalue weighted by molar-refractivity contribution is -0.149. The van der Waals surface area contributed by atoms with Crippen molar-refractivity contribution in [3.05, 3.63) is 23.8 Å². The van der Waals surface area contributed by atoms with Gasteiger partial charge in [0.25, 0.3) is 0 Å². The van der Waals surface area contributed by atoms with E-state index in [0.717, 1.165) is 5.56 Å². The summed E-state index contributed by atoms with van der Waals surface area (Å²) in [7, 11) is 0. The highest BCUT2D eigenvalue weighted by molar-refractivity contribution is 5.73. The van der Waals surface area contributed by atoms with Crippen LogP contribution in [-0.4, -0.2) is 31.1 Å². The molecular formula is C13H16O5. The van der Waals surface area contributed by atoms with Crippen molar-refractivity contribution in [1.82, 2.24) is 0 Å². The molecule has 1 aliphatic rings. The molecule has 1 aliphatic heterocycles. The Bertz CT molecular complexity index is 429. The minimum absolute atomic E-state index is 0.222. The lowest BCUT2D eigenvalue weighted by Crippen LogP contribution is -2.23. The van der Waals surface area contributed by atoms with Crippen LogP contribution in [0.3, 0.4) is 0 Å². The van der Waals surface area contributed by atoms with Crippen molar-refractivity contribution < 1.29 is 24.1 Å². The van der Waals surface area contributed by atoms with Gasteiger partial charge >= 0.3 is 5.97 Å². The Morgan fingerprint density at radius 3 is 2.94 bits per heavy atom. The Morgan fingerprint density at radius 2 is 2.22 bits per heavy atom. The van der Waals surface area contributed by atoms with Crippen LogP contribution in [0.1, 0.15) is 12.5 Å². The summed E-state index contributed by atoms with van der Waals surface area (Å²) < 4.78 is 15.4. The van der Waals surface area contributed by atoms with Crippen LogP contribution in [0.25, 0.3) is 0 Å². The highest BCUT2D eigenvalue weighted by Crippen LogP contribution is 2.33. The van der Waals surface area contributed by atoms with Crippen molar-refractivity contribution in [2.24, 2.45) is 5.92 Å². The summed E-state index contributed by atoms with van der Waals surface area (Å²) in [4.78, 5) is 11.6. The van der Waals surface area contributed by atoms with Gasteiger partial charge in [0, 0.05) is 0 Å². The van der Waals surface area contributed by atoms with Gasteiger partial charge in [-0.05, 0) is 31.0 Å². The van der Waals surface area contributed by atoms with Gasteiger partial charge in [0.15, 0.2) is 11.5 Å². The molecule has 98 valence electrons. The highest BCUT2D eigenvalue weighted by atomic mass is 16.7. The summed E-state index contributed by atoms with van der Waals surface area (Å²) >= 11 is 0. The second kappa shape index (κ2) is 5.73. The van der Waals surface area contributed by atoms with Crippen molar-refractivity contribution in [1.29, 1.82) is 0 Å². The molecule has 0 spiro atoms. The van der Waals surface area contributed by atoms with Crippen LogP contribution in [-0.2, 0) is 16.0 Å². The van der Waals surface area contributed by atoms with Crippen LogP contribution in [0.15, 0.2) is 18.2 Å². The number of carbonyl (C=O) groups is 1. The number of aliphatic hydroxyl groups is 1. The molecule has 1 unspecified atom stereocenters. The second-order valence-electron chi connectivity index (χ2n) is 4.02. The van der Waals surface area contributed by atoms with E-state index in [1.165, 1.54) is 0 Å². The standard InChI is InChI=1S/C13H16O5/c1-2-16-13(15)10(7-14)5-9-3-4-11-12(6-9)18-8-17-11/h3-4,6,10,14H,2,5,7-8H2,1H3. The Balaban J connectivity index is 2.05. The summed E-state index contributed by atoms with van der Waals surface area (Å²) in [5.41, 5.74) is 0.909. The van der Waals surface area contributed by atoms with E-state index in [1.807, 2.05) is 12.1 Å². The zero-order chi connectivity index (χ0) is 13.0. The normalized spacial score (nSPS) is 14.3. The van der Waals surface area contributed by atoms with E-state index in [2.05, 4.69) is 0 Å². The van der Waals surface area contributed by atoms with Gasteiger partial charge in [-0.3, -0.25) is 4.79 Å². The molecule has 18 heavy (non-hydrogen) atoms. The number of hydrogen-bond acceptors (Lipinski definition) is 5. The smallest absolute Gasteiger partial charge is 0.311 e. The quantitative estimate of drug-likeness (QED) is 0.796. The zero-order valence-electron chi connectivity index (χ0n) is 10.2. The Labute approximate surface area is 105 Å². The van der Waals surface area contributed by atoms with Gasteiger partial charge in [-0.1, -0.05) is 6.07 Å². The van der Waals surface area contributed by atoms with Gasteiger partial charge in [0.2, 0.25) is 6.79 Å². The minimum atomic E-state index is -0.537. The van der Waals surface area contributed by atoms with Crippen LogP contribution in [0, 0.1) is 5.92 Å². The van der Waals surface area contributed by atoms with Crippen LogP contribution < -0.4 is 9.47 Å². The van der Waals surface area contributed by atoms with Gasteiger partial charge < -0.3 is 19.3 Å². The van der Waals surface area contributed by atoms with E-state index >= 15 is 0 Å². The van der Waals surface area contributed by atoms with Crippen LogP contribution in [0.5, 0.6) is 11.5 Å². The molecule has 1 heterocycles. The first-order valence-electron chi connectivity index (χ1n) is 5.90. The molecule has 0 bridgehead atoms. The van der Waals surface area contributed by atoms with Gasteiger partial charge in [0.05, 0.1) is 19.1 Å². The first-order valence-corrected chi connectivity index (χ1v) is 5.90. The maximum Gasteiger partial charge on any atom is 0.311 e. The number of ether oxygens (including phenoxy) is 3. The van der Waals surface area contributed by atoms with Crippen LogP contribution >= 0.6 is 0 Å². The fraction of sp³-hybridized carbons (Fsp3) is 0.462. The van der Waals surface area contributed by atoms with E-state index < -0.39 is 5.92 Å². The lowest BCUT2D eigenvalue weighted by atomic mass is 10.00. The van der Waals surface area contributed by atoms with Crippen molar-refractivity contribution in [3.8, 4) is 11.5 Å². The molecule has 0 saturated carbocycles. The minimum Gasteiger partial charge on any atom is -0.466 e. The highest BCUT2D eigenvalue weighted by Gasteiger charge is 2.21. The summed E-state index contributed by atoms with van der Waals surface area (Å²) in [6.07, 6.45) is 0.423. The van der Waals surface area contributed by atoms with Crippen molar-refractivity contribution in [3.63, 3.8) is 0 Å². The largest absolute Gasteiger partial charge is 0.466 e.